The van der Waals surface area contributed by atoms with Crippen molar-refractivity contribution in [3.63, 3.8) is 0 Å². The second-order valence-electron chi connectivity index (χ2n) is 5.24. The van der Waals surface area contributed by atoms with E-state index in [1.807, 2.05) is 0 Å². The van der Waals surface area contributed by atoms with E-state index in [0.29, 0.717) is 0 Å². The molecule has 1 saturated heterocycles. The third-order valence-electron chi connectivity index (χ3n) is 2.89. The van der Waals surface area contributed by atoms with E-state index in [-0.39, 0.29) is 51.4 Å². The van der Waals surface area contributed by atoms with E-state index in [0.717, 1.165) is 0 Å². The molecule has 0 bridgehead atoms. The Morgan fingerprint density at radius 3 is 1.27 bits per heavy atom. The Morgan fingerprint density at radius 2 is 0.909 bits per heavy atom. The van der Waals surface area contributed by atoms with Crippen LogP contribution in [0.15, 0.2) is 0 Å². The van der Waals surface area contributed by atoms with Gasteiger partial charge in [0.05, 0.1) is 6.61 Å². The summed E-state index contributed by atoms with van der Waals surface area (Å²) < 4.78 is 178. The van der Waals surface area contributed by atoms with E-state index in [4.69, 9.17) is 22.8 Å². The van der Waals surface area contributed by atoms with Gasteiger partial charge < -0.3 is 4.74 Å². The third kappa shape index (κ3) is 14.3. The molecule has 0 aromatic rings. The molecular formula is C6H12KO21S5. The van der Waals surface area contributed by atoms with Crippen molar-refractivity contribution < 1.29 is 90.5 Å². The molecule has 1 fully saturated rings. The molecule has 5 N–H and O–H groups in total. The summed E-state index contributed by atoms with van der Waals surface area (Å²) in [6, 6.07) is 0. The third-order valence-corrected chi connectivity index (χ3v) is 5.15. The Hall–Kier alpha value is 0.946. The predicted octanol–water partition coefficient (Wildman–Crippen LogP) is -4.47. The fourth-order valence-corrected chi connectivity index (χ4v) is 4.31. The summed E-state index contributed by atoms with van der Waals surface area (Å²) in [5.41, 5.74) is 0. The summed E-state index contributed by atoms with van der Waals surface area (Å²) in [6.07, 6.45) is -14.2. The molecule has 21 nitrogen and oxygen atoms in total. The first-order chi connectivity index (χ1) is 14.0. The Morgan fingerprint density at radius 1 is 0.545 bits per heavy atom. The molecular weight excluding hydrogens is 607 g/mol. The number of ether oxygens (including phenoxy) is 1. The van der Waals surface area contributed by atoms with Gasteiger partial charge in [-0.05, 0) is 0 Å². The molecule has 27 heteroatoms. The van der Waals surface area contributed by atoms with Crippen molar-refractivity contribution in [2.24, 2.45) is 0 Å². The van der Waals surface area contributed by atoms with Gasteiger partial charge in [0.2, 0.25) is 6.29 Å². The summed E-state index contributed by atoms with van der Waals surface area (Å²) in [4.78, 5) is 0. The van der Waals surface area contributed by atoms with E-state index < -0.39 is 89.3 Å². The van der Waals surface area contributed by atoms with Gasteiger partial charge in [0.25, 0.3) is 0 Å². The molecule has 1 heterocycles. The minimum Gasteiger partial charge on any atom is -0.340 e. The first-order valence-corrected chi connectivity index (χ1v) is 13.7. The maximum Gasteiger partial charge on any atom is 0.399 e. The van der Waals surface area contributed by atoms with Crippen LogP contribution in [0.3, 0.4) is 0 Å². The van der Waals surface area contributed by atoms with Crippen LogP contribution in [0.2, 0.25) is 0 Å². The SMILES string of the molecule is O=S(=O)(O)OC[C@H]1OC(OS(=O)(=O)O)[C@@H](OS(=O)(=O)O)[C@@H](OS(=O)(=O)O)[C@@H]1OS(=O)(=O)O.[K]. The van der Waals surface area contributed by atoms with Crippen LogP contribution in [0.25, 0.3) is 0 Å². The zero-order valence-corrected chi connectivity index (χ0v) is 22.6. The number of hydrogen-bond donors (Lipinski definition) is 5. The van der Waals surface area contributed by atoms with E-state index in [2.05, 4.69) is 25.7 Å². The van der Waals surface area contributed by atoms with Crippen LogP contribution in [-0.4, -0.2) is 154 Å². The van der Waals surface area contributed by atoms with Gasteiger partial charge in [-0.2, -0.15) is 42.1 Å². The molecule has 193 valence electrons. The molecule has 0 amide bonds. The van der Waals surface area contributed by atoms with Crippen LogP contribution in [0.4, 0.5) is 0 Å². The maximum atomic E-state index is 11.1. The molecule has 0 aromatic heterocycles. The van der Waals surface area contributed by atoms with Crippen molar-refractivity contribution in [2.45, 2.75) is 30.7 Å². The minimum atomic E-state index is -5.78. The molecule has 5 atom stereocenters. The standard InChI is InChI=1S/C6H12O21S5.K/c7-28(8,9)22-1-2-3(24-29(10,11)12)4(25-30(13,14)15)5(26-31(16,17)18)6(23-2)27-32(19,20)21;/h2-6H,1H2,(H,7,8,9)(H,10,11,12)(H,13,14,15)(H,16,17,18)(H,19,20,21);/t2-,3-,4+,5+,6?;/m1./s1. The zero-order valence-electron chi connectivity index (χ0n) is 15.4. The fraction of sp³-hybridized carbons (Fsp3) is 1.00. The average molecular weight is 620 g/mol. The summed E-state index contributed by atoms with van der Waals surface area (Å²) >= 11 is 0. The zero-order chi connectivity index (χ0) is 25.3. The first kappa shape index (κ1) is 33.9. The monoisotopic (exact) mass is 619 g/mol. The predicted molar refractivity (Wildman–Crippen MR) is 93.8 cm³/mol. The number of hydrogen-bond acceptors (Lipinski definition) is 16. The second kappa shape index (κ2) is 12.0. The van der Waals surface area contributed by atoms with E-state index in [1.165, 1.54) is 0 Å². The van der Waals surface area contributed by atoms with E-state index in [1.54, 1.807) is 0 Å². The van der Waals surface area contributed by atoms with Gasteiger partial charge in [-0.1, -0.05) is 0 Å². The van der Waals surface area contributed by atoms with Crippen molar-refractivity contribution in [2.75, 3.05) is 6.61 Å². The fourth-order valence-electron chi connectivity index (χ4n) is 2.11. The van der Waals surface area contributed by atoms with Gasteiger partial charge >= 0.3 is 52.0 Å². The van der Waals surface area contributed by atoms with Crippen molar-refractivity contribution in [3.8, 4) is 0 Å². The Labute approximate surface area is 228 Å². The minimum absolute atomic E-state index is 0. The molecule has 0 spiro atoms. The van der Waals surface area contributed by atoms with Crippen LogP contribution in [-0.2, 0) is 77.6 Å². The molecule has 0 saturated carbocycles. The van der Waals surface area contributed by atoms with Gasteiger partial charge in [0, 0.05) is 51.4 Å². The van der Waals surface area contributed by atoms with Crippen molar-refractivity contribution in [1.29, 1.82) is 0 Å². The van der Waals surface area contributed by atoms with Crippen LogP contribution >= 0.6 is 0 Å². The van der Waals surface area contributed by atoms with Crippen LogP contribution in [0, 0.1) is 0 Å². The van der Waals surface area contributed by atoms with Crippen LogP contribution < -0.4 is 0 Å². The number of rotatable bonds is 11. The average Bonchev–Trinajstić information content (AvgIpc) is 2.45. The summed E-state index contributed by atoms with van der Waals surface area (Å²) in [6.45, 7) is -1.62. The van der Waals surface area contributed by atoms with Crippen molar-refractivity contribution >= 4 is 103 Å². The van der Waals surface area contributed by atoms with Crippen LogP contribution in [0.1, 0.15) is 0 Å². The second-order valence-corrected chi connectivity index (χ2v) is 10.5. The Bertz CT molecular complexity index is 1200. The van der Waals surface area contributed by atoms with Gasteiger partial charge in [-0.15, -0.1) is 0 Å². The van der Waals surface area contributed by atoms with Gasteiger partial charge in [-0.3, -0.25) is 22.8 Å². The molecule has 1 aliphatic heterocycles. The van der Waals surface area contributed by atoms with Crippen molar-refractivity contribution in [3.05, 3.63) is 0 Å². The quantitative estimate of drug-likeness (QED) is 0.107. The molecule has 1 rings (SSSR count). The van der Waals surface area contributed by atoms with Gasteiger partial charge in [0.15, 0.2) is 6.10 Å². The van der Waals surface area contributed by atoms with E-state index in [9.17, 15) is 42.1 Å². The largest absolute Gasteiger partial charge is 0.399 e. The molecule has 1 unspecified atom stereocenters. The van der Waals surface area contributed by atoms with E-state index >= 15 is 0 Å². The normalized spacial score (nSPS) is 27.6. The molecule has 0 aliphatic carbocycles. The summed E-state index contributed by atoms with van der Waals surface area (Å²) in [5, 5.41) is 0. The smallest absolute Gasteiger partial charge is 0.340 e. The summed E-state index contributed by atoms with van der Waals surface area (Å²) in [7, 11) is -28.3. The molecule has 33 heavy (non-hydrogen) atoms. The Balaban J connectivity index is 0.0000102. The molecule has 1 radical (unpaired) electrons. The Kier molecular flexibility index (Phi) is 12.3. The van der Waals surface area contributed by atoms with Crippen LogP contribution in [0.5, 0.6) is 0 Å². The first-order valence-electron chi connectivity index (χ1n) is 6.86. The summed E-state index contributed by atoms with van der Waals surface area (Å²) in [5.74, 6) is 0. The topological polar surface area (TPSA) is 327 Å². The molecule has 1 aliphatic rings. The maximum absolute atomic E-state index is 11.1. The van der Waals surface area contributed by atoms with Gasteiger partial charge in [-0.25, -0.2) is 20.9 Å². The molecule has 0 aromatic carbocycles. The van der Waals surface area contributed by atoms with Gasteiger partial charge in [0.1, 0.15) is 18.3 Å². The van der Waals surface area contributed by atoms with Crippen molar-refractivity contribution in [1.82, 2.24) is 0 Å².